The molecule has 0 aliphatic carbocycles. The predicted molar refractivity (Wildman–Crippen MR) is 204 cm³/mol. The molecule has 0 radical (unpaired) electrons. The minimum absolute atomic E-state index is 0.0593. The van der Waals surface area contributed by atoms with Crippen LogP contribution in [-0.2, 0) is 5.41 Å². The summed E-state index contributed by atoms with van der Waals surface area (Å²) in [5, 5.41) is 4.84. The maximum Gasteiger partial charge on any atom is 0.333 e. The van der Waals surface area contributed by atoms with E-state index in [0.29, 0.717) is 0 Å². The molecule has 0 fully saturated rings. The molecule has 0 bridgehead atoms. The van der Waals surface area contributed by atoms with E-state index < -0.39 is 0 Å². The van der Waals surface area contributed by atoms with Crippen LogP contribution in [0.25, 0.3) is 43.8 Å². The lowest BCUT2D eigenvalue weighted by molar-refractivity contribution is 0.596. The van der Waals surface area contributed by atoms with Gasteiger partial charge in [0.1, 0.15) is 5.58 Å². The van der Waals surface area contributed by atoms with Crippen molar-refractivity contribution in [2.45, 2.75) is 26.2 Å². The van der Waals surface area contributed by atoms with E-state index in [-0.39, 0.29) is 12.3 Å². The predicted octanol–water partition coefficient (Wildman–Crippen LogP) is 10.7. The molecule has 1 aromatic heterocycles. The van der Waals surface area contributed by atoms with E-state index in [1.54, 1.807) is 0 Å². The molecule has 0 saturated heterocycles. The van der Waals surface area contributed by atoms with Crippen molar-refractivity contribution in [1.29, 1.82) is 0 Å². The first-order valence-electron chi connectivity index (χ1n) is 16.8. The van der Waals surface area contributed by atoms with Crippen LogP contribution in [0.15, 0.2) is 150 Å². The molecule has 0 unspecified atom stereocenters. The fraction of sp³-hybridized carbons (Fsp3) is 0.0909. The lowest BCUT2D eigenvalue weighted by atomic mass is 9.43. The van der Waals surface area contributed by atoms with Gasteiger partial charge >= 0.3 is 6.85 Å². The summed E-state index contributed by atoms with van der Waals surface area (Å²) in [5.41, 5.74) is 14.1. The minimum atomic E-state index is -0.0909. The van der Waals surface area contributed by atoms with Gasteiger partial charge in [-0.2, -0.15) is 0 Å². The molecule has 48 heavy (non-hydrogen) atoms. The molecular weight excluding hydrogens is 583 g/mol. The Balaban J connectivity index is 1.31. The van der Waals surface area contributed by atoms with Crippen molar-refractivity contribution < 1.29 is 4.42 Å². The van der Waals surface area contributed by atoms with E-state index in [1.165, 1.54) is 61.1 Å². The monoisotopic (exact) mass is 616 g/mol. The van der Waals surface area contributed by atoms with E-state index in [1.807, 2.05) is 6.07 Å². The summed E-state index contributed by atoms with van der Waals surface area (Å²) in [5.74, 6) is 0. The normalized spacial score (nSPS) is 13.6. The van der Waals surface area contributed by atoms with E-state index in [9.17, 15) is 0 Å². The second kappa shape index (κ2) is 9.89. The van der Waals surface area contributed by atoms with Crippen LogP contribution >= 0.6 is 0 Å². The zero-order chi connectivity index (χ0) is 32.1. The number of hydrogen-bond donors (Lipinski definition) is 0. The van der Waals surface area contributed by atoms with Crippen LogP contribution in [0, 0.1) is 0 Å². The summed E-state index contributed by atoms with van der Waals surface area (Å²) >= 11 is 0. The fourth-order valence-corrected chi connectivity index (χ4v) is 8.48. The molecule has 4 heteroatoms. The molecule has 2 aliphatic heterocycles. The molecule has 0 atom stereocenters. The molecule has 0 saturated carbocycles. The highest BCUT2D eigenvalue weighted by Gasteiger charge is 2.45. The second-order valence-corrected chi connectivity index (χ2v) is 14.1. The van der Waals surface area contributed by atoms with Crippen molar-refractivity contribution >= 4 is 78.9 Å². The Labute approximate surface area is 280 Å². The van der Waals surface area contributed by atoms with Crippen molar-refractivity contribution in [3.05, 3.63) is 151 Å². The van der Waals surface area contributed by atoms with Crippen LogP contribution in [0.5, 0.6) is 0 Å². The van der Waals surface area contributed by atoms with Gasteiger partial charge in [0.25, 0.3) is 0 Å². The van der Waals surface area contributed by atoms with Crippen LogP contribution in [0.4, 0.5) is 28.4 Å². The van der Waals surface area contributed by atoms with Crippen molar-refractivity contribution in [1.82, 2.24) is 0 Å². The van der Waals surface area contributed by atoms with Crippen LogP contribution < -0.4 is 20.6 Å². The number of anilines is 5. The smallest absolute Gasteiger partial charge is 0.333 e. The number of nitrogens with zero attached hydrogens (tertiary/aromatic N) is 2. The van der Waals surface area contributed by atoms with Crippen molar-refractivity contribution in [2.75, 3.05) is 9.71 Å². The van der Waals surface area contributed by atoms with E-state index in [0.717, 1.165) is 27.6 Å². The summed E-state index contributed by atoms with van der Waals surface area (Å²) in [6.07, 6.45) is 0. The van der Waals surface area contributed by atoms with Gasteiger partial charge in [0, 0.05) is 33.4 Å². The molecule has 0 spiro atoms. The highest BCUT2D eigenvalue weighted by Crippen LogP contribution is 2.50. The SMILES string of the molecule is CC(C)(C)c1c(N2c3ccccc3B3c4c(cccc42)-c2ccccc2N3c2cccc3c2oc2ccccc23)ccc2ccccc12. The third kappa shape index (κ3) is 3.72. The summed E-state index contributed by atoms with van der Waals surface area (Å²) in [6, 6.07) is 53.1. The van der Waals surface area contributed by atoms with E-state index in [4.69, 9.17) is 4.42 Å². The van der Waals surface area contributed by atoms with Crippen molar-refractivity contribution in [2.24, 2.45) is 0 Å². The molecule has 3 nitrogen and oxygen atoms in total. The number of rotatable bonds is 2. The Kier molecular flexibility index (Phi) is 5.64. The lowest BCUT2D eigenvalue weighted by Gasteiger charge is -2.46. The van der Waals surface area contributed by atoms with Gasteiger partial charge in [-0.25, -0.2) is 0 Å². The average molecular weight is 617 g/mol. The Morgan fingerprint density at radius 3 is 2.02 bits per heavy atom. The first kappa shape index (κ1) is 27.4. The summed E-state index contributed by atoms with van der Waals surface area (Å²) in [7, 11) is 0. The van der Waals surface area contributed by atoms with Crippen molar-refractivity contribution in [3.8, 4) is 11.1 Å². The minimum Gasteiger partial charge on any atom is -0.454 e. The van der Waals surface area contributed by atoms with Gasteiger partial charge in [0.2, 0.25) is 0 Å². The van der Waals surface area contributed by atoms with E-state index >= 15 is 0 Å². The molecule has 8 aromatic rings. The number of benzene rings is 7. The lowest BCUT2D eigenvalue weighted by Crippen LogP contribution is -2.61. The third-order valence-electron chi connectivity index (χ3n) is 10.3. The Hall–Kier alpha value is -5.74. The number of fused-ring (bicyclic) bond motifs is 8. The van der Waals surface area contributed by atoms with Gasteiger partial charge in [-0.3, -0.25) is 0 Å². The summed E-state index contributed by atoms with van der Waals surface area (Å²) < 4.78 is 6.70. The zero-order valence-corrected chi connectivity index (χ0v) is 27.2. The number of hydrogen-bond acceptors (Lipinski definition) is 3. The van der Waals surface area contributed by atoms with Crippen molar-refractivity contribution in [3.63, 3.8) is 0 Å². The second-order valence-electron chi connectivity index (χ2n) is 14.1. The average Bonchev–Trinajstić information content (AvgIpc) is 3.50. The Morgan fingerprint density at radius 1 is 0.500 bits per heavy atom. The third-order valence-corrected chi connectivity index (χ3v) is 10.3. The Morgan fingerprint density at radius 2 is 1.15 bits per heavy atom. The molecule has 10 rings (SSSR count). The quantitative estimate of drug-likeness (QED) is 0.180. The van der Waals surface area contributed by atoms with Crippen LogP contribution in [-0.4, -0.2) is 6.85 Å². The highest BCUT2D eigenvalue weighted by atomic mass is 16.3. The van der Waals surface area contributed by atoms with Gasteiger partial charge in [0.15, 0.2) is 5.58 Å². The molecule has 2 aliphatic rings. The largest absolute Gasteiger partial charge is 0.454 e. The Bertz CT molecular complexity index is 2590. The number of furan rings is 1. The fourth-order valence-electron chi connectivity index (χ4n) is 8.48. The first-order valence-corrected chi connectivity index (χ1v) is 16.8. The van der Waals surface area contributed by atoms with Gasteiger partial charge in [-0.1, -0.05) is 130 Å². The maximum atomic E-state index is 6.70. The van der Waals surface area contributed by atoms with Gasteiger partial charge < -0.3 is 14.1 Å². The molecule has 3 heterocycles. The van der Waals surface area contributed by atoms with Gasteiger partial charge in [-0.05, 0) is 74.6 Å². The molecule has 0 amide bonds. The van der Waals surface area contributed by atoms with Crippen LogP contribution in [0.3, 0.4) is 0 Å². The zero-order valence-electron chi connectivity index (χ0n) is 27.2. The molecular formula is C44H33BN2O. The first-order chi connectivity index (χ1) is 23.5. The van der Waals surface area contributed by atoms with Crippen LogP contribution in [0.2, 0.25) is 0 Å². The highest BCUT2D eigenvalue weighted by molar-refractivity contribution is 6.93. The van der Waals surface area contributed by atoms with Gasteiger partial charge in [-0.15, -0.1) is 0 Å². The number of para-hydroxylation sites is 4. The molecule has 7 aromatic carbocycles. The summed E-state index contributed by atoms with van der Waals surface area (Å²) in [4.78, 5) is 5.07. The molecule has 228 valence electrons. The molecule has 0 N–H and O–H groups in total. The van der Waals surface area contributed by atoms with Crippen LogP contribution in [0.1, 0.15) is 26.3 Å². The van der Waals surface area contributed by atoms with E-state index in [2.05, 4.69) is 170 Å². The van der Waals surface area contributed by atoms with Gasteiger partial charge in [0.05, 0.1) is 11.4 Å². The topological polar surface area (TPSA) is 19.6 Å². The standard InChI is InChI=1S/C44H33BN2O/c1-44(2,3)41-29-15-5-4-14-28(29)26-27-37(41)46-36-22-10-8-20-34(36)45-42-32(18-12-23-38(42)46)30-16-6-9-21-35(30)47(45)39-24-13-19-33-31-17-7-11-25-40(31)48-43(33)39/h4-27H,1-3H3. The maximum absolute atomic E-state index is 6.70. The summed E-state index contributed by atoms with van der Waals surface area (Å²) in [6.45, 7) is 6.95.